The van der Waals surface area contributed by atoms with Crippen molar-refractivity contribution in [2.45, 2.75) is 31.1 Å². The number of nitrogens with two attached hydrogens (primary N) is 1. The van der Waals surface area contributed by atoms with Crippen LogP contribution >= 0.6 is 24.0 Å². The van der Waals surface area contributed by atoms with Crippen molar-refractivity contribution in [3.63, 3.8) is 0 Å². The van der Waals surface area contributed by atoms with E-state index in [-0.39, 0.29) is 17.3 Å². The molecule has 1 aromatic rings. The molecule has 2 rings (SSSR count). The molecular weight excluding hydrogens is 331 g/mol. The summed E-state index contributed by atoms with van der Waals surface area (Å²) in [4.78, 5) is 0.207. The second kappa shape index (κ2) is 7.79. The minimum atomic E-state index is -3.50. The number of nitrogens with zero attached hydrogens (tertiary/aromatic N) is 1. The molecule has 0 radical (unpaired) electrons. The summed E-state index contributed by atoms with van der Waals surface area (Å²) in [5.41, 5.74) is 6.53. The smallest absolute Gasteiger partial charge is 0.244 e. The van der Waals surface area contributed by atoms with Gasteiger partial charge in [0.05, 0.1) is 5.02 Å². The van der Waals surface area contributed by atoms with Crippen LogP contribution < -0.4 is 5.73 Å². The summed E-state index contributed by atoms with van der Waals surface area (Å²) in [6.07, 6.45) is 2.80. The normalized spacial score (nSPS) is 20.0. The molecule has 120 valence electrons. The lowest BCUT2D eigenvalue weighted by Gasteiger charge is -2.32. The Hall–Kier alpha value is -0.330. The van der Waals surface area contributed by atoms with Crippen LogP contribution in [-0.4, -0.2) is 32.4 Å². The molecule has 4 nitrogen and oxygen atoms in total. The molecule has 1 aromatic carbocycles. The Labute approximate surface area is 138 Å². The van der Waals surface area contributed by atoms with Crippen LogP contribution in [0.15, 0.2) is 23.1 Å². The lowest BCUT2D eigenvalue weighted by Crippen LogP contribution is -2.40. The van der Waals surface area contributed by atoms with Gasteiger partial charge in [0, 0.05) is 13.1 Å². The van der Waals surface area contributed by atoms with E-state index in [1.807, 2.05) is 6.92 Å². The van der Waals surface area contributed by atoms with E-state index in [2.05, 4.69) is 0 Å². The molecule has 7 heteroatoms. The zero-order valence-electron chi connectivity index (χ0n) is 12.1. The number of hydrogen-bond acceptors (Lipinski definition) is 3. The second-order valence-corrected chi connectivity index (χ2v) is 7.70. The Morgan fingerprint density at radius 1 is 1.43 bits per heavy atom. The molecule has 2 N–H and O–H groups in total. The molecule has 1 aliphatic heterocycles. The molecule has 1 fully saturated rings. The van der Waals surface area contributed by atoms with Crippen LogP contribution in [-0.2, 0) is 10.0 Å². The first-order valence-corrected chi connectivity index (χ1v) is 8.73. The van der Waals surface area contributed by atoms with Crippen molar-refractivity contribution in [2.24, 2.45) is 11.7 Å². The Bertz CT molecular complexity index is 576. The van der Waals surface area contributed by atoms with E-state index in [4.69, 9.17) is 17.3 Å². The van der Waals surface area contributed by atoms with E-state index in [0.717, 1.165) is 24.8 Å². The van der Waals surface area contributed by atoms with Gasteiger partial charge in [0.15, 0.2) is 0 Å². The fourth-order valence-corrected chi connectivity index (χ4v) is 4.80. The van der Waals surface area contributed by atoms with Crippen LogP contribution in [0, 0.1) is 12.8 Å². The first-order valence-electron chi connectivity index (χ1n) is 6.91. The molecule has 21 heavy (non-hydrogen) atoms. The fraction of sp³-hybridized carbons (Fsp3) is 0.571. The topological polar surface area (TPSA) is 63.4 Å². The third-order valence-corrected chi connectivity index (χ3v) is 6.11. The van der Waals surface area contributed by atoms with Gasteiger partial charge in [-0.1, -0.05) is 17.7 Å². The molecule has 1 unspecified atom stereocenters. The monoisotopic (exact) mass is 352 g/mol. The predicted octanol–water partition coefficient (Wildman–Crippen LogP) is 2.82. The number of hydrogen-bond donors (Lipinski definition) is 1. The van der Waals surface area contributed by atoms with Crippen LogP contribution in [0.25, 0.3) is 0 Å². The SMILES string of the molecule is Cc1ccc(S(=O)(=O)N2CCCC(CCN)C2)c(Cl)c1.Cl. The maximum atomic E-state index is 12.7. The van der Waals surface area contributed by atoms with E-state index >= 15 is 0 Å². The quantitative estimate of drug-likeness (QED) is 0.905. The average molecular weight is 353 g/mol. The van der Waals surface area contributed by atoms with Gasteiger partial charge < -0.3 is 5.73 Å². The lowest BCUT2D eigenvalue weighted by molar-refractivity contribution is 0.258. The minimum absolute atomic E-state index is 0. The van der Waals surface area contributed by atoms with Crippen LogP contribution in [0.2, 0.25) is 5.02 Å². The van der Waals surface area contributed by atoms with Crippen LogP contribution in [0.1, 0.15) is 24.8 Å². The summed E-state index contributed by atoms with van der Waals surface area (Å²) in [5, 5.41) is 0.297. The summed E-state index contributed by atoms with van der Waals surface area (Å²) in [7, 11) is -3.50. The standard InChI is InChI=1S/C14H21ClN2O2S.ClH/c1-11-4-5-14(13(15)9-11)20(18,19)17-8-2-3-12(10-17)6-7-16;/h4-5,9,12H,2-3,6-8,10,16H2,1H3;1H. The molecule has 0 spiro atoms. The highest BCUT2D eigenvalue weighted by atomic mass is 35.5. The minimum Gasteiger partial charge on any atom is -0.330 e. The highest BCUT2D eigenvalue weighted by Crippen LogP contribution is 2.29. The molecule has 1 saturated heterocycles. The first kappa shape index (κ1) is 18.7. The molecule has 0 saturated carbocycles. The van der Waals surface area contributed by atoms with Crippen molar-refractivity contribution >= 4 is 34.0 Å². The van der Waals surface area contributed by atoms with Gasteiger partial charge in [0.1, 0.15) is 4.90 Å². The number of piperidine rings is 1. The maximum absolute atomic E-state index is 12.7. The zero-order chi connectivity index (χ0) is 14.8. The van der Waals surface area contributed by atoms with Crippen molar-refractivity contribution < 1.29 is 8.42 Å². The first-order chi connectivity index (χ1) is 9.45. The highest BCUT2D eigenvalue weighted by Gasteiger charge is 2.31. The van der Waals surface area contributed by atoms with E-state index in [0.29, 0.717) is 30.6 Å². The van der Waals surface area contributed by atoms with Crippen molar-refractivity contribution in [2.75, 3.05) is 19.6 Å². The van der Waals surface area contributed by atoms with Gasteiger partial charge in [0.25, 0.3) is 0 Å². The third-order valence-electron chi connectivity index (χ3n) is 3.76. The Kier molecular flexibility index (Phi) is 6.94. The molecule has 1 heterocycles. The zero-order valence-corrected chi connectivity index (χ0v) is 14.5. The Balaban J connectivity index is 0.00000220. The highest BCUT2D eigenvalue weighted by molar-refractivity contribution is 7.89. The summed E-state index contributed by atoms with van der Waals surface area (Å²) in [5.74, 6) is 0.354. The lowest BCUT2D eigenvalue weighted by atomic mass is 9.96. The van der Waals surface area contributed by atoms with Crippen molar-refractivity contribution in [1.82, 2.24) is 4.31 Å². The summed E-state index contributed by atoms with van der Waals surface area (Å²) >= 11 is 6.10. The largest absolute Gasteiger partial charge is 0.330 e. The van der Waals surface area contributed by atoms with Gasteiger partial charge >= 0.3 is 0 Å². The van der Waals surface area contributed by atoms with E-state index in [1.165, 1.54) is 0 Å². The molecule has 1 aliphatic rings. The molecule has 0 aliphatic carbocycles. The Morgan fingerprint density at radius 3 is 2.76 bits per heavy atom. The van der Waals surface area contributed by atoms with Crippen molar-refractivity contribution in [3.05, 3.63) is 28.8 Å². The summed E-state index contributed by atoms with van der Waals surface area (Å²) in [6.45, 7) is 3.60. The van der Waals surface area contributed by atoms with E-state index in [9.17, 15) is 8.42 Å². The van der Waals surface area contributed by atoms with Gasteiger partial charge in [-0.25, -0.2) is 8.42 Å². The van der Waals surface area contributed by atoms with Gasteiger partial charge in [0.2, 0.25) is 10.0 Å². The number of rotatable bonds is 4. The van der Waals surface area contributed by atoms with Crippen LogP contribution in [0.4, 0.5) is 0 Å². The van der Waals surface area contributed by atoms with Crippen LogP contribution in [0.3, 0.4) is 0 Å². The fourth-order valence-electron chi connectivity index (χ4n) is 2.67. The number of sulfonamides is 1. The maximum Gasteiger partial charge on any atom is 0.244 e. The second-order valence-electron chi connectivity index (χ2n) is 5.38. The molecule has 1 atom stereocenters. The number of benzene rings is 1. The number of aryl methyl sites for hydroxylation is 1. The van der Waals surface area contributed by atoms with Gasteiger partial charge in [-0.3, -0.25) is 0 Å². The van der Waals surface area contributed by atoms with E-state index < -0.39 is 10.0 Å². The number of halogens is 2. The molecule has 0 bridgehead atoms. The average Bonchev–Trinajstić information content (AvgIpc) is 2.39. The summed E-state index contributed by atoms with van der Waals surface area (Å²) < 4.78 is 26.9. The van der Waals surface area contributed by atoms with Crippen LogP contribution in [0.5, 0.6) is 0 Å². The van der Waals surface area contributed by atoms with Crippen molar-refractivity contribution in [1.29, 1.82) is 0 Å². The molecule has 0 amide bonds. The van der Waals surface area contributed by atoms with Gasteiger partial charge in [-0.15, -0.1) is 12.4 Å². The summed E-state index contributed by atoms with van der Waals surface area (Å²) in [6, 6.07) is 5.06. The van der Waals surface area contributed by atoms with Crippen molar-refractivity contribution in [3.8, 4) is 0 Å². The van der Waals surface area contributed by atoms with E-state index in [1.54, 1.807) is 22.5 Å². The molecule has 0 aromatic heterocycles. The third kappa shape index (κ3) is 4.33. The van der Waals surface area contributed by atoms with Gasteiger partial charge in [-0.2, -0.15) is 4.31 Å². The van der Waals surface area contributed by atoms with Gasteiger partial charge in [-0.05, 0) is 56.3 Å². The molecular formula is C14H22Cl2N2O2S. The Morgan fingerprint density at radius 2 is 2.14 bits per heavy atom. The predicted molar refractivity (Wildman–Crippen MR) is 88.6 cm³/mol.